The van der Waals surface area contributed by atoms with Gasteiger partial charge in [-0.2, -0.15) is 4.98 Å². The van der Waals surface area contributed by atoms with Gasteiger partial charge in [0.25, 0.3) is 0 Å². The van der Waals surface area contributed by atoms with Crippen LogP contribution in [0.2, 0.25) is 0 Å². The normalized spacial score (nSPS) is 10.6. The number of hydrogen-bond donors (Lipinski definition) is 2. The minimum Gasteiger partial charge on any atom is -0.383 e. The van der Waals surface area contributed by atoms with Gasteiger partial charge in [0.2, 0.25) is 5.95 Å². The molecule has 1 aromatic heterocycles. The summed E-state index contributed by atoms with van der Waals surface area (Å²) in [5.41, 5.74) is 6.61. The van der Waals surface area contributed by atoms with Crippen LogP contribution in [-0.4, -0.2) is 9.97 Å². The number of nitrogen functional groups attached to an aromatic ring is 1. The first-order valence-corrected chi connectivity index (χ1v) is 6.56. The second-order valence-corrected chi connectivity index (χ2v) is 4.94. The number of fused-ring (bicyclic) bond motifs is 1. The molecule has 0 radical (unpaired) electrons. The molecule has 3 aromatic rings. The highest BCUT2D eigenvalue weighted by Crippen LogP contribution is 2.22. The Morgan fingerprint density at radius 1 is 0.947 bits per heavy atom. The summed E-state index contributed by atoms with van der Waals surface area (Å²) in [5, 5.41) is 5.50. The van der Waals surface area contributed by atoms with Crippen molar-refractivity contribution in [2.45, 2.75) is 0 Å². The van der Waals surface area contributed by atoms with E-state index in [1.54, 1.807) is 6.07 Å². The van der Waals surface area contributed by atoms with E-state index in [4.69, 9.17) is 5.73 Å². The molecule has 0 aliphatic carbocycles. The maximum absolute atomic E-state index is 5.68. The predicted molar refractivity (Wildman–Crippen MR) is 81.4 cm³/mol. The van der Waals surface area contributed by atoms with Crippen LogP contribution < -0.4 is 11.1 Å². The number of hydrogen-bond acceptors (Lipinski definition) is 4. The van der Waals surface area contributed by atoms with Crippen molar-refractivity contribution in [2.75, 3.05) is 11.1 Å². The second kappa shape index (κ2) is 4.85. The summed E-state index contributed by atoms with van der Waals surface area (Å²) in [6.45, 7) is 0. The number of halogens is 1. The summed E-state index contributed by atoms with van der Waals surface area (Å²) in [6.07, 6.45) is 0. The standard InChI is InChI=1S/C14H11BrN4/c15-12-8-13(16)19-14(18-12)17-11-6-5-9-3-1-2-4-10(9)7-11/h1-8H,(H3,16,17,18,19). The Hall–Kier alpha value is -2.14. The molecule has 0 amide bonds. The van der Waals surface area contributed by atoms with E-state index in [2.05, 4.69) is 55.5 Å². The van der Waals surface area contributed by atoms with Gasteiger partial charge in [0.05, 0.1) is 0 Å². The molecule has 0 atom stereocenters. The Morgan fingerprint density at radius 3 is 2.53 bits per heavy atom. The molecule has 0 aliphatic rings. The first kappa shape index (κ1) is 11.9. The SMILES string of the molecule is Nc1cc(Br)nc(Nc2ccc3ccccc3c2)n1. The van der Waals surface area contributed by atoms with Gasteiger partial charge in [0.1, 0.15) is 10.4 Å². The molecule has 0 saturated carbocycles. The first-order valence-electron chi connectivity index (χ1n) is 5.76. The number of nitrogens with zero attached hydrogens (tertiary/aromatic N) is 2. The average molecular weight is 315 g/mol. The van der Waals surface area contributed by atoms with Crippen molar-refractivity contribution in [3.63, 3.8) is 0 Å². The van der Waals surface area contributed by atoms with Crippen molar-refractivity contribution in [2.24, 2.45) is 0 Å². The second-order valence-electron chi connectivity index (χ2n) is 4.13. The lowest BCUT2D eigenvalue weighted by Gasteiger charge is -2.07. The summed E-state index contributed by atoms with van der Waals surface area (Å²) in [6, 6.07) is 15.9. The maximum atomic E-state index is 5.68. The molecule has 3 rings (SSSR count). The van der Waals surface area contributed by atoms with Crippen molar-refractivity contribution in [1.29, 1.82) is 0 Å². The molecule has 94 valence electrons. The van der Waals surface area contributed by atoms with Crippen molar-refractivity contribution in [3.05, 3.63) is 53.1 Å². The van der Waals surface area contributed by atoms with E-state index < -0.39 is 0 Å². The number of benzene rings is 2. The highest BCUT2D eigenvalue weighted by molar-refractivity contribution is 9.10. The van der Waals surface area contributed by atoms with Crippen LogP contribution in [0.5, 0.6) is 0 Å². The van der Waals surface area contributed by atoms with Gasteiger partial charge in [0, 0.05) is 11.8 Å². The van der Waals surface area contributed by atoms with E-state index in [1.807, 2.05) is 18.2 Å². The minimum atomic E-state index is 0.421. The molecule has 0 unspecified atom stereocenters. The van der Waals surface area contributed by atoms with E-state index in [1.165, 1.54) is 5.39 Å². The Bertz CT molecular complexity index is 722. The predicted octanol–water partition coefficient (Wildman–Crippen LogP) is 3.72. The molecule has 1 heterocycles. The topological polar surface area (TPSA) is 63.8 Å². The fourth-order valence-electron chi connectivity index (χ4n) is 1.89. The van der Waals surface area contributed by atoms with E-state index in [0.29, 0.717) is 16.4 Å². The monoisotopic (exact) mass is 314 g/mol. The molecule has 0 fully saturated rings. The zero-order valence-electron chi connectivity index (χ0n) is 9.97. The molecule has 0 aliphatic heterocycles. The van der Waals surface area contributed by atoms with E-state index in [0.717, 1.165) is 11.1 Å². The lowest BCUT2D eigenvalue weighted by atomic mass is 10.1. The van der Waals surface area contributed by atoms with Gasteiger partial charge in [-0.1, -0.05) is 30.3 Å². The minimum absolute atomic E-state index is 0.421. The van der Waals surface area contributed by atoms with Crippen molar-refractivity contribution in [1.82, 2.24) is 9.97 Å². The van der Waals surface area contributed by atoms with Crippen LogP contribution in [0.3, 0.4) is 0 Å². The van der Waals surface area contributed by atoms with Gasteiger partial charge in [-0.3, -0.25) is 0 Å². The fourth-order valence-corrected chi connectivity index (χ4v) is 2.29. The summed E-state index contributed by atoms with van der Waals surface area (Å²) in [7, 11) is 0. The lowest BCUT2D eigenvalue weighted by molar-refractivity contribution is 1.15. The number of nitrogens with one attached hydrogen (secondary N) is 1. The number of anilines is 3. The zero-order valence-corrected chi connectivity index (χ0v) is 11.6. The fraction of sp³-hybridized carbons (Fsp3) is 0. The van der Waals surface area contributed by atoms with Crippen LogP contribution in [0.15, 0.2) is 53.1 Å². The van der Waals surface area contributed by atoms with Gasteiger partial charge >= 0.3 is 0 Å². The zero-order chi connectivity index (χ0) is 13.2. The summed E-state index contributed by atoms with van der Waals surface area (Å²) >= 11 is 3.29. The molecule has 2 aromatic carbocycles. The molecule has 19 heavy (non-hydrogen) atoms. The van der Waals surface area contributed by atoms with Crippen LogP contribution in [0.1, 0.15) is 0 Å². The van der Waals surface area contributed by atoms with E-state index in [9.17, 15) is 0 Å². The number of rotatable bonds is 2. The van der Waals surface area contributed by atoms with Crippen molar-refractivity contribution in [3.8, 4) is 0 Å². The summed E-state index contributed by atoms with van der Waals surface area (Å²) in [4.78, 5) is 8.36. The highest BCUT2D eigenvalue weighted by atomic mass is 79.9. The van der Waals surface area contributed by atoms with Crippen LogP contribution >= 0.6 is 15.9 Å². The third-order valence-electron chi connectivity index (χ3n) is 2.72. The summed E-state index contributed by atoms with van der Waals surface area (Å²) in [5.74, 6) is 0.896. The number of nitrogens with two attached hydrogens (primary N) is 1. The summed E-state index contributed by atoms with van der Waals surface area (Å²) < 4.78 is 0.656. The smallest absolute Gasteiger partial charge is 0.230 e. The Morgan fingerprint density at radius 2 is 1.74 bits per heavy atom. The lowest BCUT2D eigenvalue weighted by Crippen LogP contribution is -2.00. The van der Waals surface area contributed by atoms with Crippen molar-refractivity contribution < 1.29 is 0 Å². The Balaban J connectivity index is 1.96. The highest BCUT2D eigenvalue weighted by Gasteiger charge is 2.02. The molecule has 0 saturated heterocycles. The van der Waals surface area contributed by atoms with Crippen LogP contribution in [-0.2, 0) is 0 Å². The van der Waals surface area contributed by atoms with Gasteiger partial charge < -0.3 is 11.1 Å². The third-order valence-corrected chi connectivity index (χ3v) is 3.13. The Labute approximate surface area is 118 Å². The maximum Gasteiger partial charge on any atom is 0.230 e. The molecular formula is C14H11BrN4. The first-order chi connectivity index (χ1) is 9.20. The van der Waals surface area contributed by atoms with E-state index in [-0.39, 0.29) is 0 Å². The van der Waals surface area contributed by atoms with Crippen LogP contribution in [0, 0.1) is 0 Å². The molecular weight excluding hydrogens is 304 g/mol. The molecule has 0 spiro atoms. The van der Waals surface area contributed by atoms with E-state index >= 15 is 0 Å². The molecule has 5 heteroatoms. The van der Waals surface area contributed by atoms with Gasteiger partial charge in [0.15, 0.2) is 0 Å². The Kier molecular flexibility index (Phi) is 3.05. The van der Waals surface area contributed by atoms with Gasteiger partial charge in [-0.05, 0) is 38.8 Å². The molecule has 3 N–H and O–H groups in total. The quantitative estimate of drug-likeness (QED) is 0.708. The third kappa shape index (κ3) is 2.66. The van der Waals surface area contributed by atoms with Crippen molar-refractivity contribution >= 4 is 44.2 Å². The molecule has 0 bridgehead atoms. The molecule has 4 nitrogen and oxygen atoms in total. The largest absolute Gasteiger partial charge is 0.383 e. The van der Waals surface area contributed by atoms with Gasteiger partial charge in [-0.15, -0.1) is 0 Å². The number of aromatic nitrogens is 2. The average Bonchev–Trinajstić information content (AvgIpc) is 2.37. The van der Waals surface area contributed by atoms with Gasteiger partial charge in [-0.25, -0.2) is 4.98 Å². The van der Waals surface area contributed by atoms with Crippen LogP contribution in [0.4, 0.5) is 17.5 Å². The van der Waals surface area contributed by atoms with Crippen LogP contribution in [0.25, 0.3) is 10.8 Å².